The highest BCUT2D eigenvalue weighted by Gasteiger charge is 2.28. The van der Waals surface area contributed by atoms with Crippen molar-refractivity contribution < 1.29 is 0 Å². The first kappa shape index (κ1) is 13.6. The molecule has 2 aromatic heterocycles. The van der Waals surface area contributed by atoms with Crippen molar-refractivity contribution in [1.29, 1.82) is 0 Å². The Morgan fingerprint density at radius 1 is 1.25 bits per heavy atom. The average Bonchev–Trinajstić information content (AvgIpc) is 3.21. The largest absolute Gasteiger partial charge is 0.220 e. The molecular formula is C15H19ClN4. The molecule has 0 aromatic carbocycles. The highest BCUT2D eigenvalue weighted by molar-refractivity contribution is 6.30. The summed E-state index contributed by atoms with van der Waals surface area (Å²) in [5, 5.41) is 5.21. The van der Waals surface area contributed by atoms with Crippen LogP contribution < -0.4 is 0 Å². The molecule has 1 saturated carbocycles. The minimum Gasteiger partial charge on any atom is -0.220 e. The third-order valence-corrected chi connectivity index (χ3v) is 4.15. The van der Waals surface area contributed by atoms with Crippen LogP contribution >= 0.6 is 11.6 Å². The van der Waals surface area contributed by atoms with Crippen molar-refractivity contribution in [3.05, 3.63) is 34.0 Å². The molecule has 1 aliphatic rings. The Balaban J connectivity index is 2.15. The van der Waals surface area contributed by atoms with Gasteiger partial charge >= 0.3 is 0 Å². The normalized spacial score (nSPS) is 14.8. The summed E-state index contributed by atoms with van der Waals surface area (Å²) in [5.74, 6) is 2.19. The summed E-state index contributed by atoms with van der Waals surface area (Å²) in [7, 11) is 0. The fraction of sp³-hybridized carbons (Fsp3) is 0.533. The maximum Gasteiger partial charge on any atom is 0.161 e. The molecule has 2 heterocycles. The Kier molecular flexibility index (Phi) is 3.50. The van der Waals surface area contributed by atoms with Crippen molar-refractivity contribution in [3.8, 4) is 5.82 Å². The standard InChI is InChI=1S/C15H19ClN4/c1-4-11-8-12(5-2)20(19-11)15-9(3)13(16)17-14(18-15)10-6-7-10/h8,10H,4-7H2,1-3H3. The van der Waals surface area contributed by atoms with Gasteiger partial charge in [0.1, 0.15) is 11.0 Å². The third kappa shape index (κ3) is 2.33. The lowest BCUT2D eigenvalue weighted by atomic mass is 10.2. The van der Waals surface area contributed by atoms with E-state index in [1.165, 1.54) is 18.5 Å². The second-order valence-electron chi connectivity index (χ2n) is 5.34. The van der Waals surface area contributed by atoms with Crippen LogP contribution in [0.3, 0.4) is 0 Å². The highest BCUT2D eigenvalue weighted by Crippen LogP contribution is 2.39. The quantitative estimate of drug-likeness (QED) is 0.808. The summed E-state index contributed by atoms with van der Waals surface area (Å²) in [6.45, 7) is 6.20. The molecule has 20 heavy (non-hydrogen) atoms. The predicted octanol–water partition coefficient (Wildman–Crippen LogP) is 3.63. The third-order valence-electron chi connectivity index (χ3n) is 3.78. The molecule has 0 radical (unpaired) electrons. The molecule has 0 N–H and O–H groups in total. The van der Waals surface area contributed by atoms with E-state index in [0.29, 0.717) is 11.1 Å². The zero-order chi connectivity index (χ0) is 14.3. The van der Waals surface area contributed by atoms with Gasteiger partial charge in [-0.3, -0.25) is 0 Å². The molecule has 106 valence electrons. The molecule has 0 amide bonds. The van der Waals surface area contributed by atoms with E-state index < -0.39 is 0 Å². The molecule has 0 bridgehead atoms. The molecule has 0 saturated heterocycles. The van der Waals surface area contributed by atoms with Gasteiger partial charge in [0.15, 0.2) is 5.82 Å². The molecule has 1 fully saturated rings. The molecular weight excluding hydrogens is 272 g/mol. The van der Waals surface area contributed by atoms with E-state index in [1.54, 1.807) is 0 Å². The summed E-state index contributed by atoms with van der Waals surface area (Å²) < 4.78 is 1.94. The van der Waals surface area contributed by atoms with E-state index in [9.17, 15) is 0 Å². The number of aryl methyl sites for hydroxylation is 2. The van der Waals surface area contributed by atoms with Gasteiger partial charge in [-0.25, -0.2) is 14.6 Å². The zero-order valence-electron chi connectivity index (χ0n) is 12.1. The van der Waals surface area contributed by atoms with Crippen molar-refractivity contribution in [2.45, 2.75) is 52.4 Å². The highest BCUT2D eigenvalue weighted by atomic mass is 35.5. The van der Waals surface area contributed by atoms with Crippen molar-refractivity contribution in [2.75, 3.05) is 0 Å². The number of rotatable bonds is 4. The Bertz CT molecular complexity index is 644. The first-order chi connectivity index (χ1) is 9.63. The van der Waals surface area contributed by atoms with Crippen LogP contribution in [-0.4, -0.2) is 19.7 Å². The molecule has 3 rings (SSSR count). The topological polar surface area (TPSA) is 43.6 Å². The van der Waals surface area contributed by atoms with Gasteiger partial charge in [0, 0.05) is 17.2 Å². The molecule has 5 heteroatoms. The number of hydrogen-bond acceptors (Lipinski definition) is 3. The Hall–Kier alpha value is -1.42. The second kappa shape index (κ2) is 5.17. The summed E-state index contributed by atoms with van der Waals surface area (Å²) in [6, 6.07) is 2.15. The van der Waals surface area contributed by atoms with Gasteiger partial charge in [-0.2, -0.15) is 5.10 Å². The Morgan fingerprint density at radius 2 is 2.00 bits per heavy atom. The van der Waals surface area contributed by atoms with Gasteiger partial charge in [0.2, 0.25) is 0 Å². The minimum absolute atomic E-state index is 0.484. The van der Waals surface area contributed by atoms with Crippen LogP contribution in [0.4, 0.5) is 0 Å². The van der Waals surface area contributed by atoms with Gasteiger partial charge in [-0.1, -0.05) is 25.4 Å². The van der Waals surface area contributed by atoms with Crippen LogP contribution in [0.1, 0.15) is 55.4 Å². The zero-order valence-corrected chi connectivity index (χ0v) is 12.9. The van der Waals surface area contributed by atoms with E-state index in [0.717, 1.165) is 35.7 Å². The smallest absolute Gasteiger partial charge is 0.161 e. The fourth-order valence-electron chi connectivity index (χ4n) is 2.31. The number of hydrogen-bond donors (Lipinski definition) is 0. The summed E-state index contributed by atoms with van der Waals surface area (Å²) in [4.78, 5) is 9.14. The number of nitrogens with zero attached hydrogens (tertiary/aromatic N) is 4. The molecule has 1 aliphatic carbocycles. The lowest BCUT2D eigenvalue weighted by Gasteiger charge is -2.11. The van der Waals surface area contributed by atoms with Gasteiger partial charge in [-0.05, 0) is 38.7 Å². The summed E-state index contributed by atoms with van der Waals surface area (Å²) >= 11 is 6.28. The van der Waals surface area contributed by atoms with Crippen molar-refractivity contribution in [3.63, 3.8) is 0 Å². The molecule has 2 aromatic rings. The molecule has 0 aliphatic heterocycles. The van der Waals surface area contributed by atoms with Crippen molar-refractivity contribution in [2.24, 2.45) is 0 Å². The Morgan fingerprint density at radius 3 is 2.60 bits per heavy atom. The van der Waals surface area contributed by atoms with Gasteiger partial charge in [0.05, 0.1) is 5.69 Å². The first-order valence-electron chi connectivity index (χ1n) is 7.26. The first-order valence-corrected chi connectivity index (χ1v) is 7.64. The van der Waals surface area contributed by atoms with Gasteiger partial charge in [0.25, 0.3) is 0 Å². The van der Waals surface area contributed by atoms with Crippen LogP contribution in [0.5, 0.6) is 0 Å². The van der Waals surface area contributed by atoms with E-state index in [2.05, 4.69) is 30.0 Å². The minimum atomic E-state index is 0.484. The number of halogens is 1. The summed E-state index contributed by atoms with van der Waals surface area (Å²) in [6.07, 6.45) is 4.18. The molecule has 0 spiro atoms. The second-order valence-corrected chi connectivity index (χ2v) is 5.70. The van der Waals surface area contributed by atoms with E-state index in [-0.39, 0.29) is 0 Å². The van der Waals surface area contributed by atoms with E-state index in [1.807, 2.05) is 11.6 Å². The summed E-state index contributed by atoms with van der Waals surface area (Å²) in [5.41, 5.74) is 3.15. The van der Waals surface area contributed by atoms with E-state index >= 15 is 0 Å². The molecule has 0 unspecified atom stereocenters. The van der Waals surface area contributed by atoms with E-state index in [4.69, 9.17) is 16.6 Å². The lowest BCUT2D eigenvalue weighted by Crippen LogP contribution is -2.10. The predicted molar refractivity (Wildman–Crippen MR) is 79.6 cm³/mol. The van der Waals surface area contributed by atoms with Crippen molar-refractivity contribution in [1.82, 2.24) is 19.7 Å². The average molecular weight is 291 g/mol. The van der Waals surface area contributed by atoms with Crippen molar-refractivity contribution >= 4 is 11.6 Å². The molecule has 0 atom stereocenters. The van der Waals surface area contributed by atoms with Crippen LogP contribution in [0.15, 0.2) is 6.07 Å². The van der Waals surface area contributed by atoms with Gasteiger partial charge in [-0.15, -0.1) is 0 Å². The fourth-order valence-corrected chi connectivity index (χ4v) is 2.48. The number of aromatic nitrogens is 4. The van der Waals surface area contributed by atoms with Crippen LogP contribution in [-0.2, 0) is 12.8 Å². The Labute approximate surface area is 124 Å². The SMILES string of the molecule is CCc1cc(CC)n(-c2nc(C3CC3)nc(Cl)c2C)n1. The lowest BCUT2D eigenvalue weighted by molar-refractivity contribution is 0.747. The molecule has 4 nitrogen and oxygen atoms in total. The van der Waals surface area contributed by atoms with Crippen LogP contribution in [0, 0.1) is 6.92 Å². The maximum absolute atomic E-state index is 6.28. The van der Waals surface area contributed by atoms with Crippen LogP contribution in [0.25, 0.3) is 5.82 Å². The maximum atomic E-state index is 6.28. The van der Waals surface area contributed by atoms with Gasteiger partial charge < -0.3 is 0 Å². The van der Waals surface area contributed by atoms with Crippen LogP contribution in [0.2, 0.25) is 5.15 Å². The monoisotopic (exact) mass is 290 g/mol.